The number of hydrogen-bond donors (Lipinski definition) is 1. The molecule has 3 rings (SSSR count). The predicted octanol–water partition coefficient (Wildman–Crippen LogP) is 1.70. The van der Waals surface area contributed by atoms with Gasteiger partial charge in [-0.3, -0.25) is 4.79 Å². The molecule has 2 aliphatic rings. The summed E-state index contributed by atoms with van der Waals surface area (Å²) < 4.78 is 21.8. The van der Waals surface area contributed by atoms with E-state index in [1.54, 1.807) is 26.2 Å². The molecule has 0 aromatic heterocycles. The predicted molar refractivity (Wildman–Crippen MR) is 115 cm³/mol. The topological polar surface area (TPSA) is 89.6 Å². The molecule has 2 heterocycles. The standard InChI is InChI=1S/C22H33N3O6/c1-14(2)23-22(27)25-12-16(17(13-25)21(26)24-6-8-31-9-7-24)15-10-18(28-3)20(30-5)19(11-15)29-4/h10-11,14,16-17H,6-9,12-13H2,1-5H3,(H,23,27). The van der Waals surface area contributed by atoms with Gasteiger partial charge in [0.2, 0.25) is 11.7 Å². The van der Waals surface area contributed by atoms with E-state index in [0.717, 1.165) is 5.56 Å². The Morgan fingerprint density at radius 1 is 1.00 bits per heavy atom. The number of nitrogens with one attached hydrogen (secondary N) is 1. The maximum absolute atomic E-state index is 13.4. The maximum atomic E-state index is 13.4. The van der Waals surface area contributed by atoms with Crippen molar-refractivity contribution >= 4 is 11.9 Å². The quantitative estimate of drug-likeness (QED) is 0.732. The van der Waals surface area contributed by atoms with E-state index < -0.39 is 0 Å². The Kier molecular flexibility index (Phi) is 7.48. The van der Waals surface area contributed by atoms with Crippen molar-refractivity contribution in [3.05, 3.63) is 17.7 Å². The molecule has 31 heavy (non-hydrogen) atoms. The normalized spacial score (nSPS) is 21.2. The van der Waals surface area contributed by atoms with E-state index in [1.165, 1.54) is 0 Å². The number of carbonyl (C=O) groups excluding carboxylic acids is 2. The van der Waals surface area contributed by atoms with Gasteiger partial charge in [0.15, 0.2) is 11.5 Å². The number of methoxy groups -OCH3 is 3. The smallest absolute Gasteiger partial charge is 0.317 e. The van der Waals surface area contributed by atoms with Crippen LogP contribution in [0.4, 0.5) is 4.79 Å². The van der Waals surface area contributed by atoms with Crippen LogP contribution in [0.25, 0.3) is 0 Å². The molecule has 0 bridgehead atoms. The first-order chi connectivity index (χ1) is 14.9. The van der Waals surface area contributed by atoms with Crippen LogP contribution in [0.2, 0.25) is 0 Å². The van der Waals surface area contributed by atoms with Crippen LogP contribution in [0.5, 0.6) is 17.2 Å². The fourth-order valence-electron chi connectivity index (χ4n) is 4.23. The third-order valence-corrected chi connectivity index (χ3v) is 5.77. The van der Waals surface area contributed by atoms with Crippen LogP contribution in [-0.2, 0) is 9.53 Å². The zero-order valence-electron chi connectivity index (χ0n) is 19.0. The first kappa shape index (κ1) is 23.0. The van der Waals surface area contributed by atoms with Crippen LogP contribution >= 0.6 is 0 Å². The Bertz CT molecular complexity index is 768. The van der Waals surface area contributed by atoms with Gasteiger partial charge in [0, 0.05) is 38.1 Å². The van der Waals surface area contributed by atoms with E-state index >= 15 is 0 Å². The molecular formula is C22H33N3O6. The molecule has 0 spiro atoms. The second kappa shape index (κ2) is 10.1. The SMILES string of the molecule is COc1cc(C2CN(C(=O)NC(C)C)CC2C(=O)N2CCOCC2)cc(OC)c1OC. The summed E-state index contributed by atoms with van der Waals surface area (Å²) in [5, 5.41) is 2.93. The lowest BCUT2D eigenvalue weighted by Crippen LogP contribution is -2.46. The Balaban J connectivity index is 1.95. The van der Waals surface area contributed by atoms with Gasteiger partial charge >= 0.3 is 6.03 Å². The highest BCUT2D eigenvalue weighted by atomic mass is 16.5. The highest BCUT2D eigenvalue weighted by Crippen LogP contribution is 2.43. The Morgan fingerprint density at radius 3 is 2.13 bits per heavy atom. The van der Waals surface area contributed by atoms with Gasteiger partial charge in [0.1, 0.15) is 0 Å². The van der Waals surface area contributed by atoms with E-state index in [2.05, 4.69) is 5.32 Å². The molecule has 3 amide bonds. The summed E-state index contributed by atoms with van der Waals surface area (Å²) in [6.07, 6.45) is 0. The van der Waals surface area contributed by atoms with Crippen molar-refractivity contribution in [1.29, 1.82) is 0 Å². The average Bonchev–Trinajstić information content (AvgIpc) is 3.23. The summed E-state index contributed by atoms with van der Waals surface area (Å²) in [6, 6.07) is 3.59. The lowest BCUT2D eigenvalue weighted by Gasteiger charge is -2.31. The molecule has 2 saturated heterocycles. The number of urea groups is 1. The first-order valence-corrected chi connectivity index (χ1v) is 10.6. The third-order valence-electron chi connectivity index (χ3n) is 5.77. The molecule has 1 aromatic rings. The zero-order valence-corrected chi connectivity index (χ0v) is 19.0. The van der Waals surface area contributed by atoms with Crippen molar-refractivity contribution < 1.29 is 28.5 Å². The van der Waals surface area contributed by atoms with Gasteiger partial charge in [0.25, 0.3) is 0 Å². The molecule has 9 heteroatoms. The monoisotopic (exact) mass is 435 g/mol. The lowest BCUT2D eigenvalue weighted by molar-refractivity contribution is -0.139. The minimum absolute atomic E-state index is 0.0149. The van der Waals surface area contributed by atoms with Gasteiger partial charge in [-0.1, -0.05) is 0 Å². The molecule has 1 aromatic carbocycles. The van der Waals surface area contributed by atoms with Crippen molar-refractivity contribution in [3.63, 3.8) is 0 Å². The molecule has 172 valence electrons. The van der Waals surface area contributed by atoms with Crippen molar-refractivity contribution in [2.75, 3.05) is 60.7 Å². The van der Waals surface area contributed by atoms with E-state index in [1.807, 2.05) is 30.9 Å². The Hall–Kier alpha value is -2.68. The van der Waals surface area contributed by atoms with Crippen molar-refractivity contribution in [2.24, 2.45) is 5.92 Å². The summed E-state index contributed by atoms with van der Waals surface area (Å²) in [4.78, 5) is 29.7. The number of benzene rings is 1. The van der Waals surface area contributed by atoms with Gasteiger partial charge in [-0.25, -0.2) is 4.79 Å². The van der Waals surface area contributed by atoms with E-state index in [4.69, 9.17) is 18.9 Å². The van der Waals surface area contributed by atoms with Crippen LogP contribution in [0.3, 0.4) is 0 Å². The number of likely N-dealkylation sites (tertiary alicyclic amines) is 1. The van der Waals surface area contributed by atoms with Crippen molar-refractivity contribution in [3.8, 4) is 17.2 Å². The second-order valence-corrected chi connectivity index (χ2v) is 8.12. The van der Waals surface area contributed by atoms with Gasteiger partial charge in [0.05, 0.1) is 40.5 Å². The molecule has 0 radical (unpaired) electrons. The number of ether oxygens (including phenoxy) is 4. The molecule has 1 N–H and O–H groups in total. The number of carbonyl (C=O) groups is 2. The number of rotatable bonds is 6. The molecule has 2 aliphatic heterocycles. The highest BCUT2D eigenvalue weighted by Gasteiger charge is 2.43. The van der Waals surface area contributed by atoms with Gasteiger partial charge < -0.3 is 34.1 Å². The molecular weight excluding hydrogens is 402 g/mol. The summed E-state index contributed by atoms with van der Waals surface area (Å²) in [6.45, 7) is 6.82. The highest BCUT2D eigenvalue weighted by molar-refractivity contribution is 5.83. The Labute approximate surface area is 183 Å². The molecule has 0 saturated carbocycles. The molecule has 2 unspecified atom stereocenters. The van der Waals surface area contributed by atoms with Gasteiger partial charge in [-0.2, -0.15) is 0 Å². The largest absolute Gasteiger partial charge is 0.493 e. The number of amides is 3. The fraction of sp³-hybridized carbons (Fsp3) is 0.636. The number of morpholine rings is 1. The lowest BCUT2D eigenvalue weighted by atomic mass is 9.87. The summed E-state index contributed by atoms with van der Waals surface area (Å²) >= 11 is 0. The van der Waals surface area contributed by atoms with E-state index in [-0.39, 0.29) is 29.8 Å². The first-order valence-electron chi connectivity index (χ1n) is 10.6. The molecule has 0 aliphatic carbocycles. The van der Waals surface area contributed by atoms with Crippen LogP contribution < -0.4 is 19.5 Å². The van der Waals surface area contributed by atoms with E-state index in [0.29, 0.717) is 56.6 Å². The molecule has 2 atom stereocenters. The van der Waals surface area contributed by atoms with Gasteiger partial charge in [-0.05, 0) is 31.5 Å². The maximum Gasteiger partial charge on any atom is 0.317 e. The Morgan fingerprint density at radius 2 is 1.61 bits per heavy atom. The molecule has 9 nitrogen and oxygen atoms in total. The van der Waals surface area contributed by atoms with Crippen LogP contribution in [0.15, 0.2) is 12.1 Å². The number of nitrogens with zero attached hydrogens (tertiary/aromatic N) is 2. The van der Waals surface area contributed by atoms with Crippen LogP contribution in [-0.4, -0.2) is 88.5 Å². The third kappa shape index (κ3) is 4.98. The van der Waals surface area contributed by atoms with Crippen LogP contribution in [0.1, 0.15) is 25.3 Å². The fourth-order valence-corrected chi connectivity index (χ4v) is 4.23. The van der Waals surface area contributed by atoms with Crippen molar-refractivity contribution in [2.45, 2.75) is 25.8 Å². The van der Waals surface area contributed by atoms with E-state index in [9.17, 15) is 9.59 Å². The summed E-state index contributed by atoms with van der Waals surface area (Å²) in [5.41, 5.74) is 0.876. The minimum Gasteiger partial charge on any atom is -0.493 e. The minimum atomic E-state index is -0.362. The summed E-state index contributed by atoms with van der Waals surface area (Å²) in [5.74, 6) is 1.04. The summed E-state index contributed by atoms with van der Waals surface area (Å²) in [7, 11) is 4.68. The zero-order chi connectivity index (χ0) is 22.5. The van der Waals surface area contributed by atoms with Crippen LogP contribution in [0, 0.1) is 5.92 Å². The average molecular weight is 436 g/mol. The molecule has 2 fully saturated rings. The number of hydrogen-bond acceptors (Lipinski definition) is 6. The second-order valence-electron chi connectivity index (χ2n) is 8.12. The van der Waals surface area contributed by atoms with Gasteiger partial charge in [-0.15, -0.1) is 0 Å². The van der Waals surface area contributed by atoms with Crippen molar-refractivity contribution in [1.82, 2.24) is 15.1 Å².